The lowest BCUT2D eigenvalue weighted by molar-refractivity contribution is 0.117. The highest BCUT2D eigenvalue weighted by Crippen LogP contribution is 2.01. The van der Waals surface area contributed by atoms with Gasteiger partial charge in [0.2, 0.25) is 0 Å². The number of ether oxygens (including phenoxy) is 2. The fraction of sp³-hybridized carbons (Fsp3) is 0.357. The number of rotatable bonds is 9. The number of unbranched alkanes of at least 4 members (excludes halogenated alkanes) is 1. The van der Waals surface area contributed by atoms with E-state index < -0.39 is 0 Å². The molecule has 1 aromatic carbocycles. The minimum atomic E-state index is 0.612. The molecule has 0 bridgehead atoms. The van der Waals surface area contributed by atoms with Gasteiger partial charge in [-0.15, -0.1) is 6.58 Å². The van der Waals surface area contributed by atoms with E-state index in [0.717, 1.165) is 13.0 Å². The van der Waals surface area contributed by atoms with E-state index in [4.69, 9.17) is 9.47 Å². The summed E-state index contributed by atoms with van der Waals surface area (Å²) in [7, 11) is 0. The van der Waals surface area contributed by atoms with E-state index in [9.17, 15) is 0 Å². The molecule has 0 atom stereocenters. The summed E-state index contributed by atoms with van der Waals surface area (Å²) in [5, 5.41) is 0. The Kier molecular flexibility index (Phi) is 7.39. The molecule has 0 spiro atoms. The van der Waals surface area contributed by atoms with Crippen LogP contribution in [0.15, 0.2) is 43.0 Å². The van der Waals surface area contributed by atoms with E-state index in [1.807, 2.05) is 18.2 Å². The highest BCUT2D eigenvalue weighted by atomic mass is 16.5. The van der Waals surface area contributed by atoms with Crippen LogP contribution in [0.5, 0.6) is 0 Å². The Morgan fingerprint density at radius 3 is 2.62 bits per heavy atom. The second-order valence-corrected chi connectivity index (χ2v) is 3.44. The molecule has 1 aromatic rings. The third kappa shape index (κ3) is 6.38. The molecule has 0 unspecified atom stereocenters. The first-order chi connectivity index (χ1) is 7.93. The minimum Gasteiger partial charge on any atom is -0.377 e. The molecule has 2 nitrogen and oxygen atoms in total. The van der Waals surface area contributed by atoms with Crippen LogP contribution in [0.3, 0.4) is 0 Å². The highest BCUT2D eigenvalue weighted by molar-refractivity contribution is 5.13. The molecule has 0 heterocycles. The monoisotopic (exact) mass is 219 g/mol. The molecule has 1 rings (SSSR count). The van der Waals surface area contributed by atoms with Gasteiger partial charge in [0.25, 0.3) is 0 Å². The van der Waals surface area contributed by atoms with Crippen molar-refractivity contribution in [2.24, 2.45) is 0 Å². The van der Waals surface area contributed by atoms with E-state index >= 15 is 0 Å². The Morgan fingerprint density at radius 2 is 1.88 bits per heavy atom. The maximum atomic E-state index is 5.52. The molecule has 0 aliphatic heterocycles. The summed E-state index contributed by atoms with van der Waals surface area (Å²) in [6.07, 6.45) is 4.75. The fourth-order valence-electron chi connectivity index (χ4n) is 1.25. The van der Waals surface area contributed by atoms with Gasteiger partial charge in [-0.05, 0) is 18.4 Å². The molecule has 0 saturated carbocycles. The summed E-state index contributed by atoms with van der Waals surface area (Å²) in [6.45, 7) is 6.28. The molecule has 1 radical (unpaired) electrons. The van der Waals surface area contributed by atoms with Gasteiger partial charge in [0.15, 0.2) is 0 Å². The normalized spacial score (nSPS) is 10.2. The molecular weight excluding hydrogens is 200 g/mol. The summed E-state index contributed by atoms with van der Waals surface area (Å²) in [5.74, 6) is 0. The maximum absolute atomic E-state index is 5.52. The van der Waals surface area contributed by atoms with Crippen molar-refractivity contribution in [3.8, 4) is 0 Å². The number of hydrogen-bond acceptors (Lipinski definition) is 2. The average molecular weight is 219 g/mol. The van der Waals surface area contributed by atoms with Gasteiger partial charge in [0.1, 0.15) is 0 Å². The van der Waals surface area contributed by atoms with E-state index in [-0.39, 0.29) is 0 Å². The summed E-state index contributed by atoms with van der Waals surface area (Å²) in [6, 6.07) is 10.2. The smallest absolute Gasteiger partial charge is 0.0716 e. The van der Waals surface area contributed by atoms with Crippen molar-refractivity contribution in [3.05, 3.63) is 55.0 Å². The quantitative estimate of drug-likeness (QED) is 0.469. The van der Waals surface area contributed by atoms with Gasteiger partial charge in [0, 0.05) is 6.61 Å². The minimum absolute atomic E-state index is 0.612. The van der Waals surface area contributed by atoms with Crippen LogP contribution in [0.1, 0.15) is 12.0 Å². The molecule has 0 fully saturated rings. The second kappa shape index (κ2) is 9.13. The largest absolute Gasteiger partial charge is 0.377 e. The molecule has 0 saturated heterocycles. The Morgan fingerprint density at radius 1 is 1.06 bits per heavy atom. The average Bonchev–Trinajstić information content (AvgIpc) is 2.34. The Bertz CT molecular complexity index is 269. The van der Waals surface area contributed by atoms with Gasteiger partial charge in [-0.1, -0.05) is 36.4 Å². The Hall–Kier alpha value is -1.12. The van der Waals surface area contributed by atoms with Crippen molar-refractivity contribution in [1.82, 2.24) is 0 Å². The van der Waals surface area contributed by atoms with Crippen molar-refractivity contribution in [2.75, 3.05) is 19.8 Å². The number of hydrogen-bond donors (Lipinski definition) is 0. The van der Waals surface area contributed by atoms with Gasteiger partial charge in [-0.3, -0.25) is 0 Å². The predicted octanol–water partition coefficient (Wildman–Crippen LogP) is 3.00. The topological polar surface area (TPSA) is 18.5 Å². The molecule has 0 aliphatic carbocycles. The Balaban J connectivity index is 1.90. The molecule has 0 amide bonds. The summed E-state index contributed by atoms with van der Waals surface area (Å²) in [4.78, 5) is 0. The molecule has 16 heavy (non-hydrogen) atoms. The molecule has 87 valence electrons. The van der Waals surface area contributed by atoms with Gasteiger partial charge in [0.05, 0.1) is 19.8 Å². The fourth-order valence-corrected chi connectivity index (χ4v) is 1.25. The SMILES string of the molecule is C=CCOC[CH]CCOCc1ccccc1. The summed E-state index contributed by atoms with van der Waals surface area (Å²) in [5.41, 5.74) is 1.21. The molecular formula is C14H19O2. The first-order valence-corrected chi connectivity index (χ1v) is 5.55. The van der Waals surface area contributed by atoms with Crippen LogP contribution >= 0.6 is 0 Å². The van der Waals surface area contributed by atoms with E-state index in [0.29, 0.717) is 19.8 Å². The zero-order valence-electron chi connectivity index (χ0n) is 9.60. The summed E-state index contributed by atoms with van der Waals surface area (Å²) >= 11 is 0. The van der Waals surface area contributed by atoms with E-state index in [2.05, 4.69) is 25.1 Å². The van der Waals surface area contributed by atoms with Crippen LogP contribution < -0.4 is 0 Å². The van der Waals surface area contributed by atoms with E-state index in [1.165, 1.54) is 5.56 Å². The van der Waals surface area contributed by atoms with Gasteiger partial charge < -0.3 is 9.47 Å². The van der Waals surface area contributed by atoms with Crippen LogP contribution in [0.4, 0.5) is 0 Å². The van der Waals surface area contributed by atoms with Crippen LogP contribution in [0.2, 0.25) is 0 Å². The lowest BCUT2D eigenvalue weighted by Crippen LogP contribution is -2.00. The van der Waals surface area contributed by atoms with Gasteiger partial charge >= 0.3 is 0 Å². The lowest BCUT2D eigenvalue weighted by Gasteiger charge is -2.04. The zero-order valence-corrected chi connectivity index (χ0v) is 9.60. The van der Waals surface area contributed by atoms with Gasteiger partial charge in [-0.25, -0.2) is 0 Å². The standard InChI is InChI=1S/C14H19O2/c1-2-10-15-11-6-7-12-16-13-14-8-4-3-5-9-14/h2-6,8-9H,1,7,10-13H2. The van der Waals surface area contributed by atoms with Crippen molar-refractivity contribution in [3.63, 3.8) is 0 Å². The highest BCUT2D eigenvalue weighted by Gasteiger charge is 1.92. The Labute approximate surface area is 97.9 Å². The van der Waals surface area contributed by atoms with Crippen molar-refractivity contribution in [1.29, 1.82) is 0 Å². The predicted molar refractivity (Wildman–Crippen MR) is 66.0 cm³/mol. The third-order valence-corrected chi connectivity index (χ3v) is 2.05. The third-order valence-electron chi connectivity index (χ3n) is 2.05. The van der Waals surface area contributed by atoms with Crippen LogP contribution in [-0.2, 0) is 16.1 Å². The van der Waals surface area contributed by atoms with Crippen LogP contribution in [0, 0.1) is 6.42 Å². The van der Waals surface area contributed by atoms with Crippen LogP contribution in [-0.4, -0.2) is 19.8 Å². The molecule has 2 heteroatoms. The van der Waals surface area contributed by atoms with Crippen molar-refractivity contribution in [2.45, 2.75) is 13.0 Å². The van der Waals surface area contributed by atoms with Crippen molar-refractivity contribution >= 4 is 0 Å². The second-order valence-electron chi connectivity index (χ2n) is 3.44. The molecule has 0 aromatic heterocycles. The zero-order chi connectivity index (χ0) is 11.5. The first kappa shape index (κ1) is 12.9. The van der Waals surface area contributed by atoms with Gasteiger partial charge in [-0.2, -0.15) is 0 Å². The summed E-state index contributed by atoms with van der Waals surface area (Å²) < 4.78 is 10.7. The number of benzene rings is 1. The lowest BCUT2D eigenvalue weighted by atomic mass is 10.2. The first-order valence-electron chi connectivity index (χ1n) is 5.55. The van der Waals surface area contributed by atoms with Crippen LogP contribution in [0.25, 0.3) is 0 Å². The maximum Gasteiger partial charge on any atom is 0.0716 e. The molecule has 0 aliphatic rings. The van der Waals surface area contributed by atoms with E-state index in [1.54, 1.807) is 6.08 Å². The molecule has 0 N–H and O–H groups in total. The van der Waals surface area contributed by atoms with Crippen molar-refractivity contribution < 1.29 is 9.47 Å².